The molecule has 2 aromatic heterocycles. The molecule has 0 aliphatic rings. The van der Waals surface area contributed by atoms with E-state index in [0.29, 0.717) is 12.1 Å². The Labute approximate surface area is 161 Å². The molecule has 140 valence electrons. The lowest BCUT2D eigenvalue weighted by Crippen LogP contribution is -2.28. The van der Waals surface area contributed by atoms with Gasteiger partial charge in [-0.1, -0.05) is 42.5 Å². The highest BCUT2D eigenvalue weighted by atomic mass is 16.5. The van der Waals surface area contributed by atoms with E-state index in [-0.39, 0.29) is 0 Å². The van der Waals surface area contributed by atoms with E-state index in [1.807, 2.05) is 55.6 Å². The Hall–Kier alpha value is -3.58. The van der Waals surface area contributed by atoms with Crippen molar-refractivity contribution in [1.82, 2.24) is 25.2 Å². The molecule has 0 radical (unpaired) electrons. The number of carbonyl (C=O) groups excluding carboxylic acids is 1. The minimum atomic E-state index is -0.609. The number of carbonyl (C=O) groups is 1. The van der Waals surface area contributed by atoms with Gasteiger partial charge in [0.15, 0.2) is 0 Å². The van der Waals surface area contributed by atoms with Gasteiger partial charge in [0, 0.05) is 30.4 Å². The van der Waals surface area contributed by atoms with Gasteiger partial charge in [0.2, 0.25) is 0 Å². The van der Waals surface area contributed by atoms with E-state index in [0.717, 1.165) is 27.6 Å². The number of hydrogen-bond donors (Lipinski definition) is 2. The second-order valence-corrected chi connectivity index (χ2v) is 6.59. The fourth-order valence-electron chi connectivity index (χ4n) is 3.41. The van der Waals surface area contributed by atoms with E-state index >= 15 is 0 Å². The zero-order valence-corrected chi connectivity index (χ0v) is 15.3. The summed E-state index contributed by atoms with van der Waals surface area (Å²) in [7, 11) is 1.84. The van der Waals surface area contributed by atoms with Crippen LogP contribution in [0.15, 0.2) is 67.3 Å². The van der Waals surface area contributed by atoms with Gasteiger partial charge in [-0.15, -0.1) is 0 Å². The molecule has 4 rings (SSSR count). The van der Waals surface area contributed by atoms with Crippen LogP contribution < -0.4 is 5.48 Å². The molecule has 0 saturated heterocycles. The Morgan fingerprint density at radius 1 is 1.11 bits per heavy atom. The molecule has 1 unspecified atom stereocenters. The number of hydroxylamine groups is 1. The van der Waals surface area contributed by atoms with Gasteiger partial charge in [-0.3, -0.25) is 14.7 Å². The molecule has 2 heterocycles. The molecule has 28 heavy (non-hydrogen) atoms. The minimum Gasteiger partial charge on any atom is -0.289 e. The van der Waals surface area contributed by atoms with Crippen molar-refractivity contribution >= 4 is 16.8 Å². The first-order chi connectivity index (χ1) is 13.7. The summed E-state index contributed by atoms with van der Waals surface area (Å²) < 4.78 is 1.75. The summed E-state index contributed by atoms with van der Waals surface area (Å²) in [5.74, 6) is -1.09. The second kappa shape index (κ2) is 7.58. The Morgan fingerprint density at radius 2 is 1.86 bits per heavy atom. The zero-order valence-electron chi connectivity index (χ0n) is 15.3. The number of nitrogens with zero attached hydrogens (tertiary/aromatic N) is 4. The van der Waals surface area contributed by atoms with Crippen LogP contribution in [0.25, 0.3) is 22.0 Å². The first-order valence-electron chi connectivity index (χ1n) is 8.87. The Bertz CT molecular complexity index is 1110. The number of nitrogens with one attached hydrogen (secondary N) is 1. The van der Waals surface area contributed by atoms with Crippen molar-refractivity contribution < 1.29 is 10.0 Å². The molecule has 0 aliphatic heterocycles. The zero-order chi connectivity index (χ0) is 19.5. The smallest absolute Gasteiger partial charge is 0.252 e. The van der Waals surface area contributed by atoms with Gasteiger partial charge >= 0.3 is 0 Å². The average molecular weight is 373 g/mol. The van der Waals surface area contributed by atoms with Crippen molar-refractivity contribution in [2.24, 2.45) is 7.05 Å². The van der Waals surface area contributed by atoms with Crippen LogP contribution in [0.5, 0.6) is 0 Å². The lowest BCUT2D eigenvalue weighted by molar-refractivity contribution is -0.130. The van der Waals surface area contributed by atoms with Crippen molar-refractivity contribution in [2.45, 2.75) is 12.3 Å². The third kappa shape index (κ3) is 3.35. The summed E-state index contributed by atoms with van der Waals surface area (Å²) in [6.45, 7) is 0. The van der Waals surface area contributed by atoms with E-state index < -0.39 is 11.8 Å². The van der Waals surface area contributed by atoms with Crippen molar-refractivity contribution in [3.63, 3.8) is 0 Å². The molecule has 1 atom stereocenters. The minimum absolute atomic E-state index is 0.438. The highest BCUT2D eigenvalue weighted by molar-refractivity contribution is 5.92. The highest BCUT2D eigenvalue weighted by Crippen LogP contribution is 2.30. The van der Waals surface area contributed by atoms with Crippen LogP contribution in [-0.2, 0) is 18.3 Å². The van der Waals surface area contributed by atoms with Gasteiger partial charge in [0.1, 0.15) is 6.33 Å². The molecule has 4 aromatic rings. The lowest BCUT2D eigenvalue weighted by Gasteiger charge is -2.13. The van der Waals surface area contributed by atoms with Gasteiger partial charge in [-0.05, 0) is 23.6 Å². The highest BCUT2D eigenvalue weighted by Gasteiger charge is 2.26. The first kappa shape index (κ1) is 17.8. The van der Waals surface area contributed by atoms with E-state index in [1.165, 1.54) is 6.33 Å². The lowest BCUT2D eigenvalue weighted by atomic mass is 9.93. The number of benzene rings is 2. The van der Waals surface area contributed by atoms with Crippen molar-refractivity contribution in [1.29, 1.82) is 0 Å². The summed E-state index contributed by atoms with van der Waals surface area (Å²) in [6.07, 6.45) is 5.44. The predicted octanol–water partition coefficient (Wildman–Crippen LogP) is 2.86. The summed E-state index contributed by atoms with van der Waals surface area (Å²) >= 11 is 0. The van der Waals surface area contributed by atoms with E-state index in [9.17, 15) is 10.0 Å². The van der Waals surface area contributed by atoms with Gasteiger partial charge in [0.25, 0.3) is 5.91 Å². The molecule has 1 amide bonds. The van der Waals surface area contributed by atoms with Crippen LogP contribution in [-0.4, -0.2) is 30.9 Å². The monoisotopic (exact) mass is 373 g/mol. The maximum absolute atomic E-state index is 12.4. The maximum atomic E-state index is 12.4. The van der Waals surface area contributed by atoms with E-state index in [2.05, 4.69) is 15.1 Å². The topological polar surface area (TPSA) is 92.9 Å². The Balaban J connectivity index is 1.79. The molecule has 0 spiro atoms. The van der Waals surface area contributed by atoms with Crippen LogP contribution in [0.3, 0.4) is 0 Å². The molecule has 0 fully saturated rings. The number of aromatic nitrogens is 4. The molecular formula is C21H19N5O2. The van der Waals surface area contributed by atoms with Crippen molar-refractivity contribution in [3.05, 3.63) is 78.5 Å². The number of rotatable bonds is 5. The Morgan fingerprint density at radius 3 is 2.57 bits per heavy atom. The molecule has 2 aromatic carbocycles. The Kier molecular flexibility index (Phi) is 4.82. The summed E-state index contributed by atoms with van der Waals surface area (Å²) in [5.41, 5.74) is 6.17. The molecule has 0 saturated carbocycles. The van der Waals surface area contributed by atoms with E-state index in [4.69, 9.17) is 0 Å². The third-order valence-corrected chi connectivity index (χ3v) is 4.81. The molecule has 0 bridgehead atoms. The summed E-state index contributed by atoms with van der Waals surface area (Å²) in [5, 5.41) is 14.7. The van der Waals surface area contributed by atoms with Gasteiger partial charge < -0.3 is 0 Å². The fourth-order valence-corrected chi connectivity index (χ4v) is 3.41. The SMILES string of the molecule is Cn1nc(C(Cc2ccccc2)C(=O)NO)c2ccc(-c3cncnc3)cc21. The van der Waals surface area contributed by atoms with Gasteiger partial charge in [0.05, 0.1) is 17.1 Å². The standard InChI is InChI=1S/C21H19N5O2/c1-26-19-10-15(16-11-22-13-23-12-16)7-8-17(19)20(24-26)18(21(27)25-28)9-14-5-3-2-4-6-14/h2-8,10-13,18,28H,9H2,1H3,(H,25,27). The predicted molar refractivity (Wildman–Crippen MR) is 105 cm³/mol. The molecule has 7 nitrogen and oxygen atoms in total. The van der Waals surface area contributed by atoms with Crippen LogP contribution in [0.2, 0.25) is 0 Å². The van der Waals surface area contributed by atoms with Crippen LogP contribution >= 0.6 is 0 Å². The molecular weight excluding hydrogens is 354 g/mol. The van der Waals surface area contributed by atoms with E-state index in [1.54, 1.807) is 22.6 Å². The normalized spacial score (nSPS) is 12.1. The van der Waals surface area contributed by atoms with Crippen LogP contribution in [0, 0.1) is 0 Å². The second-order valence-electron chi connectivity index (χ2n) is 6.59. The number of aryl methyl sites for hydroxylation is 1. The molecule has 7 heteroatoms. The summed E-state index contributed by atoms with van der Waals surface area (Å²) in [4.78, 5) is 20.6. The maximum Gasteiger partial charge on any atom is 0.252 e. The van der Waals surface area contributed by atoms with Crippen molar-refractivity contribution in [2.75, 3.05) is 0 Å². The third-order valence-electron chi connectivity index (χ3n) is 4.81. The average Bonchev–Trinajstić information content (AvgIpc) is 3.08. The van der Waals surface area contributed by atoms with Crippen molar-refractivity contribution in [3.8, 4) is 11.1 Å². The van der Waals surface area contributed by atoms with Gasteiger partial charge in [-0.25, -0.2) is 15.4 Å². The number of fused-ring (bicyclic) bond motifs is 1. The first-order valence-corrected chi connectivity index (χ1v) is 8.87. The quantitative estimate of drug-likeness (QED) is 0.414. The summed E-state index contributed by atoms with van der Waals surface area (Å²) in [6, 6.07) is 15.6. The van der Waals surface area contributed by atoms with Crippen LogP contribution in [0.4, 0.5) is 0 Å². The van der Waals surface area contributed by atoms with Crippen LogP contribution in [0.1, 0.15) is 17.2 Å². The number of hydrogen-bond acceptors (Lipinski definition) is 5. The van der Waals surface area contributed by atoms with Gasteiger partial charge in [-0.2, -0.15) is 5.10 Å². The number of amides is 1. The largest absolute Gasteiger partial charge is 0.289 e. The molecule has 0 aliphatic carbocycles. The molecule has 2 N–H and O–H groups in total. The fraction of sp³-hybridized carbons (Fsp3) is 0.143.